The average Bonchev–Trinajstić information content (AvgIpc) is 2.30. The number of carbonyl (C=O) groups excluding carboxylic acids is 1. The van der Waals surface area contributed by atoms with Gasteiger partial charge in [0.2, 0.25) is 0 Å². The normalized spacial score (nSPS) is 12.4. The van der Waals surface area contributed by atoms with Crippen molar-refractivity contribution in [1.29, 1.82) is 0 Å². The first kappa shape index (κ1) is 14.2. The lowest BCUT2D eigenvalue weighted by Gasteiger charge is -2.15. The van der Waals surface area contributed by atoms with Crippen molar-refractivity contribution < 1.29 is 9.53 Å². The van der Waals surface area contributed by atoms with Crippen LogP contribution < -0.4 is 5.32 Å². The Hall–Kier alpha value is -0.900. The third kappa shape index (κ3) is 4.86. The Bertz CT molecular complexity index is 351. The molecule has 1 aromatic rings. The van der Waals surface area contributed by atoms with Crippen LogP contribution in [0.3, 0.4) is 0 Å². The van der Waals surface area contributed by atoms with Gasteiger partial charge in [-0.15, -0.1) is 0 Å². The zero-order chi connectivity index (χ0) is 12.7. The van der Waals surface area contributed by atoms with E-state index in [1.807, 2.05) is 24.3 Å². The fourth-order valence-corrected chi connectivity index (χ4v) is 1.74. The molecule has 0 spiro atoms. The van der Waals surface area contributed by atoms with Crippen molar-refractivity contribution >= 4 is 17.4 Å². The van der Waals surface area contributed by atoms with E-state index in [1.54, 1.807) is 14.0 Å². The lowest BCUT2D eigenvalue weighted by atomic mass is 9.95. The van der Waals surface area contributed by atoms with Crippen molar-refractivity contribution in [3.05, 3.63) is 34.9 Å². The van der Waals surface area contributed by atoms with Crippen molar-refractivity contribution in [3.8, 4) is 0 Å². The van der Waals surface area contributed by atoms with Crippen molar-refractivity contribution in [2.24, 2.45) is 0 Å². The molecule has 94 valence electrons. The second kappa shape index (κ2) is 7.43. The van der Waals surface area contributed by atoms with Crippen LogP contribution in [0.5, 0.6) is 0 Å². The molecule has 1 atom stereocenters. The Morgan fingerprint density at radius 3 is 2.59 bits per heavy atom. The first-order chi connectivity index (χ1) is 8.15. The van der Waals surface area contributed by atoms with Crippen LogP contribution in [0, 0.1) is 0 Å². The number of methoxy groups -OCH3 is 1. The van der Waals surface area contributed by atoms with Gasteiger partial charge >= 0.3 is 0 Å². The van der Waals surface area contributed by atoms with Gasteiger partial charge in [-0.2, -0.15) is 0 Å². The Morgan fingerprint density at radius 1 is 1.41 bits per heavy atom. The Labute approximate surface area is 107 Å². The Kier molecular flexibility index (Phi) is 6.19. The number of hydrogen-bond donors (Lipinski definition) is 1. The standard InChI is InChI=1S/C13H18ClNO2/c1-10(16)13(9-15-7-8-17-2)11-3-5-12(14)6-4-11/h3-6,13,15H,7-9H2,1-2H3/t13-/m0/s1. The van der Waals surface area contributed by atoms with Crippen LogP contribution in [0.4, 0.5) is 0 Å². The van der Waals surface area contributed by atoms with Crippen LogP contribution in [0.25, 0.3) is 0 Å². The van der Waals surface area contributed by atoms with E-state index in [0.29, 0.717) is 18.2 Å². The van der Waals surface area contributed by atoms with E-state index >= 15 is 0 Å². The number of nitrogens with one attached hydrogen (secondary N) is 1. The first-order valence-electron chi connectivity index (χ1n) is 5.60. The molecule has 0 unspecified atom stereocenters. The van der Waals surface area contributed by atoms with E-state index < -0.39 is 0 Å². The molecular formula is C13H18ClNO2. The van der Waals surface area contributed by atoms with Crippen LogP contribution in [0.2, 0.25) is 5.02 Å². The molecule has 0 aliphatic carbocycles. The molecule has 0 fully saturated rings. The summed E-state index contributed by atoms with van der Waals surface area (Å²) in [7, 11) is 1.66. The molecule has 17 heavy (non-hydrogen) atoms. The molecule has 0 heterocycles. The number of halogens is 1. The summed E-state index contributed by atoms with van der Waals surface area (Å²) in [5, 5.41) is 3.89. The summed E-state index contributed by atoms with van der Waals surface area (Å²) < 4.78 is 4.94. The highest BCUT2D eigenvalue weighted by atomic mass is 35.5. The maximum atomic E-state index is 11.6. The van der Waals surface area contributed by atoms with Gasteiger partial charge in [-0.25, -0.2) is 0 Å². The molecule has 0 aliphatic heterocycles. The highest BCUT2D eigenvalue weighted by molar-refractivity contribution is 6.30. The molecule has 0 aromatic heterocycles. The van der Waals surface area contributed by atoms with E-state index in [4.69, 9.17) is 16.3 Å². The van der Waals surface area contributed by atoms with Crippen LogP contribution in [0.1, 0.15) is 18.4 Å². The van der Waals surface area contributed by atoms with Crippen molar-refractivity contribution in [2.75, 3.05) is 26.8 Å². The number of ether oxygens (including phenoxy) is 1. The van der Waals surface area contributed by atoms with E-state index in [-0.39, 0.29) is 11.7 Å². The van der Waals surface area contributed by atoms with E-state index in [0.717, 1.165) is 12.1 Å². The van der Waals surface area contributed by atoms with Gasteiger partial charge in [0.25, 0.3) is 0 Å². The van der Waals surface area contributed by atoms with Crippen molar-refractivity contribution in [2.45, 2.75) is 12.8 Å². The molecule has 0 bridgehead atoms. The molecule has 4 heteroatoms. The average molecular weight is 256 g/mol. The van der Waals surface area contributed by atoms with Gasteiger partial charge in [0.1, 0.15) is 5.78 Å². The quantitative estimate of drug-likeness (QED) is 0.760. The van der Waals surface area contributed by atoms with E-state index in [1.165, 1.54) is 0 Å². The highest BCUT2D eigenvalue weighted by Crippen LogP contribution is 2.18. The summed E-state index contributed by atoms with van der Waals surface area (Å²) in [6.45, 7) is 3.62. The monoisotopic (exact) mass is 255 g/mol. The van der Waals surface area contributed by atoms with Gasteiger partial charge in [-0.05, 0) is 24.6 Å². The minimum atomic E-state index is -0.121. The molecule has 0 radical (unpaired) electrons. The van der Waals surface area contributed by atoms with Gasteiger partial charge in [-0.1, -0.05) is 23.7 Å². The predicted octanol–water partition coefficient (Wildman–Crippen LogP) is 2.25. The van der Waals surface area contributed by atoms with Gasteiger partial charge in [0, 0.05) is 25.2 Å². The third-order valence-corrected chi connectivity index (χ3v) is 2.85. The minimum Gasteiger partial charge on any atom is -0.383 e. The van der Waals surface area contributed by atoms with Gasteiger partial charge in [0.05, 0.1) is 12.5 Å². The van der Waals surface area contributed by atoms with Gasteiger partial charge in [0.15, 0.2) is 0 Å². The number of rotatable bonds is 7. The molecule has 0 saturated heterocycles. The van der Waals surface area contributed by atoms with Crippen LogP contribution in [-0.4, -0.2) is 32.6 Å². The summed E-state index contributed by atoms with van der Waals surface area (Å²) in [6.07, 6.45) is 0. The van der Waals surface area contributed by atoms with Crippen LogP contribution >= 0.6 is 11.6 Å². The smallest absolute Gasteiger partial charge is 0.138 e. The molecule has 0 amide bonds. The lowest BCUT2D eigenvalue weighted by Crippen LogP contribution is -2.28. The maximum absolute atomic E-state index is 11.6. The summed E-state index contributed by atoms with van der Waals surface area (Å²) in [4.78, 5) is 11.6. The summed E-state index contributed by atoms with van der Waals surface area (Å²) in [5.74, 6) is 0.0290. The molecule has 0 aliphatic rings. The van der Waals surface area contributed by atoms with E-state index in [9.17, 15) is 4.79 Å². The molecule has 1 rings (SSSR count). The number of hydrogen-bond acceptors (Lipinski definition) is 3. The second-order valence-electron chi connectivity index (χ2n) is 3.91. The Balaban J connectivity index is 2.59. The fourth-order valence-electron chi connectivity index (χ4n) is 1.61. The lowest BCUT2D eigenvalue weighted by molar-refractivity contribution is -0.118. The molecule has 1 aromatic carbocycles. The number of benzene rings is 1. The zero-order valence-electron chi connectivity index (χ0n) is 10.2. The van der Waals surface area contributed by atoms with Crippen molar-refractivity contribution in [3.63, 3.8) is 0 Å². The number of Topliss-reactive ketones (excluding diaryl/α,β-unsaturated/α-hetero) is 1. The molecule has 0 saturated carbocycles. The van der Waals surface area contributed by atoms with E-state index in [2.05, 4.69) is 5.32 Å². The minimum absolute atomic E-state index is 0.121. The van der Waals surface area contributed by atoms with Gasteiger partial charge in [-0.3, -0.25) is 4.79 Å². The predicted molar refractivity (Wildman–Crippen MR) is 69.6 cm³/mol. The number of ketones is 1. The largest absolute Gasteiger partial charge is 0.383 e. The SMILES string of the molecule is COCCNC[C@@H](C(C)=O)c1ccc(Cl)cc1. The first-order valence-corrected chi connectivity index (χ1v) is 5.98. The van der Waals surface area contributed by atoms with Crippen LogP contribution in [-0.2, 0) is 9.53 Å². The zero-order valence-corrected chi connectivity index (χ0v) is 11.0. The summed E-state index contributed by atoms with van der Waals surface area (Å²) in [5.41, 5.74) is 0.992. The second-order valence-corrected chi connectivity index (χ2v) is 4.35. The Morgan fingerprint density at radius 2 is 2.06 bits per heavy atom. The topological polar surface area (TPSA) is 38.3 Å². The molecular weight excluding hydrogens is 238 g/mol. The third-order valence-electron chi connectivity index (χ3n) is 2.59. The van der Waals surface area contributed by atoms with Crippen LogP contribution in [0.15, 0.2) is 24.3 Å². The summed E-state index contributed by atoms with van der Waals surface area (Å²) in [6, 6.07) is 7.41. The highest BCUT2D eigenvalue weighted by Gasteiger charge is 2.15. The fraction of sp³-hybridized carbons (Fsp3) is 0.462. The van der Waals surface area contributed by atoms with Gasteiger partial charge < -0.3 is 10.1 Å². The van der Waals surface area contributed by atoms with Crippen molar-refractivity contribution in [1.82, 2.24) is 5.32 Å². The maximum Gasteiger partial charge on any atom is 0.138 e. The summed E-state index contributed by atoms with van der Waals surface area (Å²) >= 11 is 5.82. The molecule has 1 N–H and O–H groups in total. The molecule has 3 nitrogen and oxygen atoms in total. The number of carbonyl (C=O) groups is 1.